The molecule has 8 heteroatoms. The lowest BCUT2D eigenvalue weighted by Gasteiger charge is -2.48. The average molecular weight is 392 g/mol. The Morgan fingerprint density at radius 1 is 1.04 bits per heavy atom. The van der Waals surface area contributed by atoms with Crippen molar-refractivity contribution in [3.05, 3.63) is 0 Å². The van der Waals surface area contributed by atoms with Crippen molar-refractivity contribution >= 4 is 5.91 Å². The van der Waals surface area contributed by atoms with Crippen LogP contribution in [0.5, 0.6) is 0 Å². The van der Waals surface area contributed by atoms with Crippen molar-refractivity contribution in [1.82, 2.24) is 5.32 Å². The first-order valence-corrected chi connectivity index (χ1v) is 10.1. The molecule has 0 spiro atoms. The van der Waals surface area contributed by atoms with Gasteiger partial charge in [0.15, 0.2) is 0 Å². The lowest BCUT2D eigenvalue weighted by Crippen LogP contribution is -2.69. The van der Waals surface area contributed by atoms with Crippen LogP contribution in [0.15, 0.2) is 0 Å². The minimum Gasteiger partial charge on any atom is -0.394 e. The van der Waals surface area contributed by atoms with E-state index in [0.717, 1.165) is 19.3 Å². The fourth-order valence-corrected chi connectivity index (χ4v) is 3.65. The highest BCUT2D eigenvalue weighted by Crippen LogP contribution is 2.36. The second-order valence-electron chi connectivity index (χ2n) is 7.45. The van der Waals surface area contributed by atoms with Gasteiger partial charge >= 0.3 is 0 Å². The number of aliphatic hydroxyl groups excluding tert-OH is 4. The third-order valence-electron chi connectivity index (χ3n) is 5.41. The maximum Gasteiger partial charge on any atom is 0.228 e. The fraction of sp³-hybridized carbons (Fsp3) is 0.947. The predicted molar refractivity (Wildman–Crippen MR) is 99.7 cm³/mol. The summed E-state index contributed by atoms with van der Waals surface area (Å²) in [5, 5.41) is 52.8. The van der Waals surface area contributed by atoms with Crippen molar-refractivity contribution in [2.24, 2.45) is 5.92 Å². The number of hydrogen-bond donors (Lipinski definition) is 6. The fourth-order valence-electron chi connectivity index (χ4n) is 3.65. The number of carbonyl (C=O) groups excluding carboxylic acids is 1. The van der Waals surface area contributed by atoms with Crippen LogP contribution in [0.1, 0.15) is 64.7 Å². The monoisotopic (exact) mass is 391 g/mol. The second-order valence-corrected chi connectivity index (χ2v) is 7.45. The molecule has 27 heavy (non-hydrogen) atoms. The molecule has 1 aliphatic rings. The Kier molecular flexibility index (Phi) is 10.7. The zero-order valence-corrected chi connectivity index (χ0v) is 16.5. The van der Waals surface area contributed by atoms with Gasteiger partial charge in [0.05, 0.1) is 12.5 Å². The normalized spacial score (nSPS) is 32.3. The molecule has 1 rings (SSSR count). The molecular weight excluding hydrogens is 354 g/mol. The Hall–Kier alpha value is -0.770. The number of nitrogens with one attached hydrogen (secondary N) is 1. The van der Waals surface area contributed by atoms with E-state index in [2.05, 4.69) is 12.2 Å². The van der Waals surface area contributed by atoms with Gasteiger partial charge in [0.2, 0.25) is 11.7 Å². The van der Waals surface area contributed by atoms with Gasteiger partial charge in [-0.25, -0.2) is 0 Å². The molecular formula is C19H37NO7. The van der Waals surface area contributed by atoms with E-state index in [-0.39, 0.29) is 6.42 Å². The summed E-state index contributed by atoms with van der Waals surface area (Å²) in [6.07, 6.45) is 2.30. The van der Waals surface area contributed by atoms with Crippen LogP contribution in [0, 0.1) is 5.92 Å². The minimum absolute atomic E-state index is 0.253. The number of rotatable bonds is 12. The van der Waals surface area contributed by atoms with E-state index < -0.39 is 48.6 Å². The van der Waals surface area contributed by atoms with Crippen LogP contribution in [0.4, 0.5) is 0 Å². The van der Waals surface area contributed by atoms with E-state index in [9.17, 15) is 30.3 Å². The summed E-state index contributed by atoms with van der Waals surface area (Å²) in [6.45, 7) is 1.51. The number of hydrogen-bond acceptors (Lipinski definition) is 7. The summed E-state index contributed by atoms with van der Waals surface area (Å²) in [5.41, 5.74) is 0. The van der Waals surface area contributed by atoms with E-state index in [1.165, 1.54) is 32.7 Å². The van der Waals surface area contributed by atoms with Gasteiger partial charge in [-0.1, -0.05) is 58.3 Å². The molecule has 1 saturated heterocycles. The Balaban J connectivity index is 2.68. The van der Waals surface area contributed by atoms with E-state index in [0.29, 0.717) is 6.42 Å². The van der Waals surface area contributed by atoms with Gasteiger partial charge in [0, 0.05) is 7.05 Å². The standard InChI is InChI=1S/C19H37NO7/c1-3-4-5-6-7-8-9-10-11-13(18(25)20-2)19(26)17(24)16(23)15(22)14(12-21)27-19/h13-17,21-24,26H,3-12H2,1-2H3,(H,20,25)/t13?,14-,15-,16+,17-,19?/m1/s1. The topological polar surface area (TPSA) is 139 Å². The lowest BCUT2D eigenvalue weighted by molar-refractivity contribution is -0.364. The van der Waals surface area contributed by atoms with Gasteiger partial charge in [-0.3, -0.25) is 4.79 Å². The molecule has 0 saturated carbocycles. The molecule has 1 aliphatic heterocycles. The zero-order chi connectivity index (χ0) is 20.4. The second kappa shape index (κ2) is 11.9. The predicted octanol–water partition coefficient (Wildman–Crippen LogP) is 0.0418. The quantitative estimate of drug-likeness (QED) is 0.258. The largest absolute Gasteiger partial charge is 0.394 e. The summed E-state index contributed by atoms with van der Waals surface area (Å²) in [5.74, 6) is -4.04. The van der Waals surface area contributed by atoms with Crippen molar-refractivity contribution in [2.45, 2.75) is 94.9 Å². The molecule has 0 aliphatic carbocycles. The Morgan fingerprint density at radius 2 is 1.59 bits per heavy atom. The zero-order valence-electron chi connectivity index (χ0n) is 16.5. The Labute approximate surface area is 161 Å². The highest BCUT2D eigenvalue weighted by molar-refractivity contribution is 5.79. The molecule has 1 heterocycles. The molecule has 0 radical (unpaired) electrons. The van der Waals surface area contributed by atoms with Crippen LogP contribution in [-0.2, 0) is 9.53 Å². The van der Waals surface area contributed by atoms with Crippen molar-refractivity contribution < 1.29 is 35.1 Å². The smallest absolute Gasteiger partial charge is 0.228 e. The minimum atomic E-state index is -2.38. The van der Waals surface area contributed by atoms with Gasteiger partial charge in [0.1, 0.15) is 24.4 Å². The van der Waals surface area contributed by atoms with Crippen LogP contribution in [-0.4, -0.2) is 75.3 Å². The van der Waals surface area contributed by atoms with E-state index in [1.54, 1.807) is 0 Å². The number of aliphatic hydroxyl groups is 5. The molecule has 0 aromatic rings. The maximum atomic E-state index is 12.3. The molecule has 160 valence electrons. The SMILES string of the molecule is CCCCCCCCCCC(C(=O)NC)C1(O)O[C@H](CO)[C@@H](O)[C@H](O)[C@H]1O. The van der Waals surface area contributed by atoms with Crippen LogP contribution in [0.25, 0.3) is 0 Å². The Bertz CT molecular complexity index is 434. The summed E-state index contributed by atoms with van der Waals surface area (Å²) < 4.78 is 5.31. The van der Waals surface area contributed by atoms with Crippen molar-refractivity contribution in [3.63, 3.8) is 0 Å². The number of unbranched alkanes of at least 4 members (excludes halogenated alkanes) is 7. The highest BCUT2D eigenvalue weighted by Gasteiger charge is 2.57. The van der Waals surface area contributed by atoms with Gasteiger partial charge in [0.25, 0.3) is 0 Å². The summed E-state index contributed by atoms with van der Waals surface area (Å²) in [6, 6.07) is 0. The molecule has 8 nitrogen and oxygen atoms in total. The van der Waals surface area contributed by atoms with Gasteiger partial charge in [-0.15, -0.1) is 0 Å². The molecule has 6 N–H and O–H groups in total. The first-order chi connectivity index (χ1) is 12.8. The van der Waals surface area contributed by atoms with E-state index in [1.807, 2.05) is 0 Å². The summed E-state index contributed by atoms with van der Waals surface area (Å²) in [4.78, 5) is 12.3. The third-order valence-corrected chi connectivity index (χ3v) is 5.41. The van der Waals surface area contributed by atoms with Gasteiger partial charge in [-0.2, -0.15) is 0 Å². The first-order valence-electron chi connectivity index (χ1n) is 10.1. The summed E-state index contributed by atoms with van der Waals surface area (Å²) in [7, 11) is 1.41. The van der Waals surface area contributed by atoms with E-state index >= 15 is 0 Å². The van der Waals surface area contributed by atoms with Gasteiger partial charge in [-0.05, 0) is 6.42 Å². The number of amides is 1. The lowest BCUT2D eigenvalue weighted by atomic mass is 9.81. The van der Waals surface area contributed by atoms with E-state index in [4.69, 9.17) is 4.74 Å². The summed E-state index contributed by atoms with van der Waals surface area (Å²) >= 11 is 0. The molecule has 6 atom stereocenters. The molecule has 0 bridgehead atoms. The van der Waals surface area contributed by atoms with Crippen LogP contribution in [0.2, 0.25) is 0 Å². The first kappa shape index (κ1) is 24.3. The van der Waals surface area contributed by atoms with Crippen LogP contribution in [0.3, 0.4) is 0 Å². The number of ether oxygens (including phenoxy) is 1. The molecule has 0 aromatic heterocycles. The van der Waals surface area contributed by atoms with Crippen LogP contribution >= 0.6 is 0 Å². The average Bonchev–Trinajstić information content (AvgIpc) is 2.67. The van der Waals surface area contributed by atoms with Crippen molar-refractivity contribution in [1.29, 1.82) is 0 Å². The van der Waals surface area contributed by atoms with Crippen LogP contribution < -0.4 is 5.32 Å². The molecule has 2 unspecified atom stereocenters. The molecule has 1 fully saturated rings. The van der Waals surface area contributed by atoms with Crippen molar-refractivity contribution in [3.8, 4) is 0 Å². The number of carbonyl (C=O) groups is 1. The third kappa shape index (κ3) is 6.37. The van der Waals surface area contributed by atoms with Crippen molar-refractivity contribution in [2.75, 3.05) is 13.7 Å². The molecule has 0 aromatic carbocycles. The van der Waals surface area contributed by atoms with Gasteiger partial charge < -0.3 is 35.6 Å². The Morgan fingerprint density at radius 3 is 2.11 bits per heavy atom. The highest BCUT2D eigenvalue weighted by atomic mass is 16.7. The maximum absolute atomic E-state index is 12.3. The molecule has 1 amide bonds.